The molecule has 4 aromatic carbocycles. The number of thiazole rings is 1. The molecular formula is C45H41N3O7S. The molecule has 56 heavy (non-hydrogen) atoms. The average Bonchev–Trinajstić information content (AvgIpc) is 3.74. The molecule has 0 aliphatic carbocycles. The molecule has 0 N–H and O–H groups in total. The van der Waals surface area contributed by atoms with Gasteiger partial charge in [0.25, 0.3) is 5.56 Å². The Morgan fingerprint density at radius 2 is 1.52 bits per heavy atom. The maximum Gasteiger partial charge on any atom is 0.343 e. The largest absolute Gasteiger partial charge is 0.490 e. The third-order valence-corrected chi connectivity index (χ3v) is 10.4. The molecule has 0 radical (unpaired) electrons. The van der Waals surface area contributed by atoms with Crippen LogP contribution in [0.3, 0.4) is 0 Å². The van der Waals surface area contributed by atoms with Crippen LogP contribution in [0.2, 0.25) is 0 Å². The summed E-state index contributed by atoms with van der Waals surface area (Å²) in [7, 11) is 1.28. The van der Waals surface area contributed by atoms with Crippen LogP contribution in [0, 0.1) is 6.92 Å². The Balaban J connectivity index is 1.46. The number of hydrogen-bond acceptors (Lipinski definition) is 9. The van der Waals surface area contributed by atoms with Crippen LogP contribution in [0.15, 0.2) is 130 Å². The molecule has 1 aliphatic heterocycles. The first-order valence-electron chi connectivity index (χ1n) is 18.3. The van der Waals surface area contributed by atoms with E-state index in [0.29, 0.717) is 38.7 Å². The Morgan fingerprint density at radius 1 is 0.821 bits per heavy atom. The van der Waals surface area contributed by atoms with Gasteiger partial charge in [-0.1, -0.05) is 95.8 Å². The van der Waals surface area contributed by atoms with E-state index in [4.69, 9.17) is 23.9 Å². The molecule has 0 saturated heterocycles. The Labute approximate surface area is 328 Å². The van der Waals surface area contributed by atoms with E-state index in [1.807, 2.05) is 49.4 Å². The minimum Gasteiger partial charge on any atom is -0.490 e. The van der Waals surface area contributed by atoms with Gasteiger partial charge in [-0.3, -0.25) is 9.36 Å². The van der Waals surface area contributed by atoms with E-state index < -0.39 is 18.0 Å². The number of hydrogen-bond donors (Lipinski definition) is 0. The summed E-state index contributed by atoms with van der Waals surface area (Å²) in [5.41, 5.74) is 7.77. The summed E-state index contributed by atoms with van der Waals surface area (Å²) in [6, 6.07) is 35.0. The van der Waals surface area contributed by atoms with Crippen molar-refractivity contribution in [3.8, 4) is 39.7 Å². The summed E-state index contributed by atoms with van der Waals surface area (Å²) >= 11 is 1.26. The van der Waals surface area contributed by atoms with Crippen LogP contribution in [0.1, 0.15) is 43.5 Å². The maximum atomic E-state index is 14.8. The molecule has 0 saturated carbocycles. The van der Waals surface area contributed by atoms with Gasteiger partial charge in [-0.05, 0) is 80.8 Å². The molecule has 2 aromatic heterocycles. The first-order chi connectivity index (χ1) is 27.2. The molecule has 1 atom stereocenters. The predicted molar refractivity (Wildman–Crippen MR) is 217 cm³/mol. The number of carbonyl (C=O) groups is 2. The minimum absolute atomic E-state index is 0.140. The summed E-state index contributed by atoms with van der Waals surface area (Å²) in [6.07, 6.45) is 1.92. The lowest BCUT2D eigenvalue weighted by atomic mass is 9.95. The minimum atomic E-state index is -0.896. The lowest BCUT2D eigenvalue weighted by Gasteiger charge is -2.25. The normalized spacial score (nSPS) is 13.9. The van der Waals surface area contributed by atoms with Gasteiger partial charge in [-0.15, -0.1) is 0 Å². The summed E-state index contributed by atoms with van der Waals surface area (Å²) in [6.45, 7) is 7.49. The summed E-state index contributed by atoms with van der Waals surface area (Å²) in [5.74, 6) is -0.474. The third kappa shape index (κ3) is 7.45. The molecule has 1 aliphatic rings. The lowest BCUT2D eigenvalue weighted by molar-refractivity contribution is -0.143. The zero-order valence-corrected chi connectivity index (χ0v) is 32.6. The molecule has 0 amide bonds. The third-order valence-electron chi connectivity index (χ3n) is 9.40. The number of nitrogens with zero attached hydrogens (tertiary/aromatic N) is 3. The fraction of sp³-hybridized carbons (Fsp3) is 0.200. The summed E-state index contributed by atoms with van der Waals surface area (Å²) in [4.78, 5) is 45.6. The van der Waals surface area contributed by atoms with E-state index in [1.54, 1.807) is 36.6 Å². The van der Waals surface area contributed by atoms with Crippen molar-refractivity contribution >= 4 is 29.4 Å². The second-order valence-corrected chi connectivity index (χ2v) is 14.1. The topological polar surface area (TPSA) is 110 Å². The maximum absolute atomic E-state index is 14.8. The zero-order chi connectivity index (χ0) is 39.3. The average molecular weight is 768 g/mol. The molecule has 6 aromatic rings. The monoisotopic (exact) mass is 767 g/mol. The number of aromatic nitrogens is 2. The van der Waals surface area contributed by atoms with Gasteiger partial charge in [0.1, 0.15) is 0 Å². The number of allylic oxidation sites excluding steroid dienone is 1. The number of benzene rings is 4. The van der Waals surface area contributed by atoms with E-state index >= 15 is 0 Å². The fourth-order valence-corrected chi connectivity index (χ4v) is 7.88. The lowest BCUT2D eigenvalue weighted by Crippen LogP contribution is -2.40. The first-order valence-corrected chi connectivity index (χ1v) is 19.1. The standard InChI is InChI=1S/C45H41N3O7S/c1-6-53-37-25-32(20-23-36(37)55-27-39(49)52-5)42-40(44(51)54-7-2)29(4)46-45-48(42)43(50)38(56-45)26-33-24-35(30-14-10-8-11-15-30)47(34-21-18-28(3)19-22-34)41(33)31-16-12-9-13-17-31/h8-26,42H,6-7,27H2,1-5H3/b38-26+/t42-/m0/s1. The Bertz CT molecular complexity index is 2620. The molecule has 3 heterocycles. The van der Waals surface area contributed by atoms with Gasteiger partial charge in [0.15, 0.2) is 22.9 Å². The van der Waals surface area contributed by atoms with E-state index in [9.17, 15) is 14.4 Å². The highest BCUT2D eigenvalue weighted by molar-refractivity contribution is 7.07. The highest BCUT2D eigenvalue weighted by Crippen LogP contribution is 2.38. The van der Waals surface area contributed by atoms with Crippen molar-refractivity contribution in [1.29, 1.82) is 0 Å². The second-order valence-electron chi connectivity index (χ2n) is 13.0. The number of esters is 2. The van der Waals surface area contributed by atoms with Gasteiger partial charge in [-0.2, -0.15) is 0 Å². The van der Waals surface area contributed by atoms with Gasteiger partial charge >= 0.3 is 11.9 Å². The van der Waals surface area contributed by atoms with Gasteiger partial charge < -0.3 is 23.5 Å². The van der Waals surface area contributed by atoms with Crippen molar-refractivity contribution < 1.29 is 28.5 Å². The Kier molecular flexibility index (Phi) is 11.1. The molecule has 7 rings (SSSR count). The Hall–Kier alpha value is -6.46. The van der Waals surface area contributed by atoms with Crippen molar-refractivity contribution in [1.82, 2.24) is 9.13 Å². The fourth-order valence-electron chi connectivity index (χ4n) is 6.84. The van der Waals surface area contributed by atoms with Gasteiger partial charge in [-0.25, -0.2) is 14.6 Å². The van der Waals surface area contributed by atoms with Crippen LogP contribution >= 0.6 is 11.3 Å². The SMILES string of the molecule is CCOC(=O)C1=C(C)N=c2s/c(=C/c3cc(-c4ccccc4)n(-c4ccc(C)cc4)c3-c3ccccc3)c(=O)n2[C@H]1c1ccc(OCC(=O)OC)c(OCC)c1. The van der Waals surface area contributed by atoms with Crippen LogP contribution in [0.5, 0.6) is 11.5 Å². The number of ether oxygens (including phenoxy) is 4. The van der Waals surface area contributed by atoms with Crippen LogP contribution in [-0.4, -0.2) is 48.0 Å². The Morgan fingerprint density at radius 3 is 2.18 bits per heavy atom. The number of fused-ring (bicyclic) bond motifs is 1. The van der Waals surface area contributed by atoms with Crippen molar-refractivity contribution in [3.63, 3.8) is 0 Å². The quantitative estimate of drug-likeness (QED) is 0.121. The molecule has 10 nitrogen and oxygen atoms in total. The first kappa shape index (κ1) is 37.8. The van der Waals surface area contributed by atoms with Crippen LogP contribution in [0.4, 0.5) is 0 Å². The predicted octanol–water partition coefficient (Wildman–Crippen LogP) is 7.18. The van der Waals surface area contributed by atoms with Crippen LogP contribution < -0.4 is 24.4 Å². The van der Waals surface area contributed by atoms with Gasteiger partial charge in [0, 0.05) is 11.3 Å². The molecule has 11 heteroatoms. The van der Waals surface area contributed by atoms with Gasteiger partial charge in [0.2, 0.25) is 0 Å². The van der Waals surface area contributed by atoms with Crippen molar-refractivity contribution in [2.75, 3.05) is 26.9 Å². The molecule has 0 bridgehead atoms. The summed E-state index contributed by atoms with van der Waals surface area (Å²) in [5, 5.41) is 0. The van der Waals surface area contributed by atoms with E-state index in [1.165, 1.54) is 18.4 Å². The van der Waals surface area contributed by atoms with Crippen LogP contribution in [0.25, 0.3) is 34.3 Å². The highest BCUT2D eigenvalue weighted by atomic mass is 32.1. The summed E-state index contributed by atoms with van der Waals surface area (Å²) < 4.78 is 26.1. The van der Waals surface area contributed by atoms with Crippen LogP contribution in [-0.2, 0) is 19.1 Å². The molecule has 284 valence electrons. The van der Waals surface area contributed by atoms with E-state index in [0.717, 1.165) is 39.3 Å². The molecule has 0 fully saturated rings. The molecule has 0 unspecified atom stereocenters. The number of methoxy groups -OCH3 is 1. The molecule has 0 spiro atoms. The number of rotatable bonds is 12. The van der Waals surface area contributed by atoms with Crippen molar-refractivity contribution in [2.24, 2.45) is 4.99 Å². The van der Waals surface area contributed by atoms with Crippen molar-refractivity contribution in [3.05, 3.63) is 157 Å². The smallest absolute Gasteiger partial charge is 0.343 e. The number of carbonyl (C=O) groups excluding carboxylic acids is 2. The van der Waals surface area contributed by atoms with E-state index in [2.05, 4.69) is 66.1 Å². The van der Waals surface area contributed by atoms with Crippen molar-refractivity contribution in [2.45, 2.75) is 33.7 Å². The van der Waals surface area contributed by atoms with Gasteiger partial charge in [0.05, 0.1) is 53.6 Å². The number of aryl methyl sites for hydroxylation is 1. The highest BCUT2D eigenvalue weighted by Gasteiger charge is 2.34. The zero-order valence-electron chi connectivity index (χ0n) is 31.8. The molecular weight excluding hydrogens is 727 g/mol. The van der Waals surface area contributed by atoms with E-state index in [-0.39, 0.29) is 24.3 Å². The second kappa shape index (κ2) is 16.5.